The van der Waals surface area contributed by atoms with Gasteiger partial charge in [-0.1, -0.05) is 19.9 Å². The van der Waals surface area contributed by atoms with E-state index < -0.39 is 10.0 Å². The van der Waals surface area contributed by atoms with Gasteiger partial charge in [0.05, 0.1) is 31.2 Å². The van der Waals surface area contributed by atoms with Crippen molar-refractivity contribution in [1.82, 2.24) is 4.31 Å². The number of hydrogen-bond acceptors (Lipinski definition) is 4. The van der Waals surface area contributed by atoms with Gasteiger partial charge in [-0.05, 0) is 31.5 Å². The molecule has 0 aromatic heterocycles. The van der Waals surface area contributed by atoms with Gasteiger partial charge in [-0.25, -0.2) is 8.42 Å². The molecule has 3 atom stereocenters. The molecule has 0 radical (unpaired) electrons. The van der Waals surface area contributed by atoms with E-state index in [0.29, 0.717) is 43.8 Å². The van der Waals surface area contributed by atoms with Crippen molar-refractivity contribution in [1.29, 1.82) is 0 Å². The number of carbonyl (C=O) groups is 1. The van der Waals surface area contributed by atoms with E-state index >= 15 is 0 Å². The van der Waals surface area contributed by atoms with E-state index in [2.05, 4.69) is 19.2 Å². The van der Waals surface area contributed by atoms with Gasteiger partial charge in [0.2, 0.25) is 10.0 Å². The molecule has 28 heavy (non-hydrogen) atoms. The van der Waals surface area contributed by atoms with E-state index in [1.54, 1.807) is 24.3 Å². The molecular formula is C20H32N3O4S+. The van der Waals surface area contributed by atoms with Gasteiger partial charge in [0, 0.05) is 30.6 Å². The highest BCUT2D eigenvalue weighted by atomic mass is 32.2. The summed E-state index contributed by atoms with van der Waals surface area (Å²) in [7, 11) is -3.58. The van der Waals surface area contributed by atoms with Crippen LogP contribution in [0.4, 0.5) is 5.69 Å². The molecule has 2 heterocycles. The molecule has 2 aliphatic heterocycles. The number of nitrogens with one attached hydrogen (secondary N) is 2. The summed E-state index contributed by atoms with van der Waals surface area (Å²) >= 11 is 0. The molecule has 156 valence electrons. The predicted octanol–water partition coefficient (Wildman–Crippen LogP) is 0.595. The summed E-state index contributed by atoms with van der Waals surface area (Å²) in [6.45, 7) is 9.92. The number of amides is 1. The molecule has 2 aliphatic rings. The number of anilines is 1. The average molecular weight is 411 g/mol. The maximum Gasteiger partial charge on any atom is 0.282 e. The molecule has 1 aromatic rings. The van der Waals surface area contributed by atoms with Gasteiger partial charge in [0.15, 0.2) is 6.04 Å². The zero-order chi connectivity index (χ0) is 20.3. The molecule has 2 saturated heterocycles. The summed E-state index contributed by atoms with van der Waals surface area (Å²) in [6, 6.07) is 6.35. The second-order valence-corrected chi connectivity index (χ2v) is 10.2. The fourth-order valence-corrected chi connectivity index (χ4v) is 5.75. The molecule has 3 rings (SSSR count). The smallest absolute Gasteiger partial charge is 0.282 e. The fourth-order valence-electron chi connectivity index (χ4n) is 4.29. The maximum absolute atomic E-state index is 12.8. The van der Waals surface area contributed by atoms with Crippen molar-refractivity contribution >= 4 is 21.6 Å². The summed E-state index contributed by atoms with van der Waals surface area (Å²) in [5.74, 6) is 1.14. The maximum atomic E-state index is 12.8. The Labute approximate surface area is 168 Å². The summed E-state index contributed by atoms with van der Waals surface area (Å²) < 4.78 is 32.3. The number of hydrogen-bond donors (Lipinski definition) is 2. The Morgan fingerprint density at radius 2 is 1.86 bits per heavy atom. The second-order valence-electron chi connectivity index (χ2n) is 8.27. The van der Waals surface area contributed by atoms with E-state index in [-0.39, 0.29) is 16.8 Å². The highest BCUT2D eigenvalue weighted by Crippen LogP contribution is 2.21. The van der Waals surface area contributed by atoms with Gasteiger partial charge < -0.3 is 15.0 Å². The van der Waals surface area contributed by atoms with Crippen LogP contribution in [-0.2, 0) is 19.6 Å². The van der Waals surface area contributed by atoms with Crippen LogP contribution in [-0.4, -0.2) is 64.1 Å². The standard InChI is InChI=1S/C20H31N3O4S/c1-15-11-16(2)14-22(13-15)17(3)20(24)21-18-5-4-6-19(12-18)28(25,26)23-7-9-27-10-8-23/h4-6,12,15-17H,7-11,13-14H2,1-3H3,(H,21,24)/p+1/t15-,16-,17+/m1/s1. The van der Waals surface area contributed by atoms with Crippen LogP contribution in [0.25, 0.3) is 0 Å². The zero-order valence-electron chi connectivity index (χ0n) is 17.0. The lowest BCUT2D eigenvalue weighted by molar-refractivity contribution is -0.925. The van der Waals surface area contributed by atoms with E-state index in [4.69, 9.17) is 4.74 Å². The summed E-state index contributed by atoms with van der Waals surface area (Å²) in [5.41, 5.74) is 0.517. The first-order valence-corrected chi connectivity index (χ1v) is 11.5. The number of quaternary nitrogens is 1. The number of likely N-dealkylation sites (tertiary alicyclic amines) is 1. The molecule has 0 aliphatic carbocycles. The Balaban J connectivity index is 1.69. The van der Waals surface area contributed by atoms with Crippen molar-refractivity contribution in [2.24, 2.45) is 11.8 Å². The Morgan fingerprint density at radius 3 is 2.50 bits per heavy atom. The molecule has 0 unspecified atom stereocenters. The molecular weight excluding hydrogens is 378 g/mol. The lowest BCUT2D eigenvalue weighted by Gasteiger charge is -2.35. The lowest BCUT2D eigenvalue weighted by atomic mass is 9.91. The third-order valence-electron chi connectivity index (χ3n) is 5.74. The van der Waals surface area contributed by atoms with E-state index in [0.717, 1.165) is 13.1 Å². The normalized spacial score (nSPS) is 27.9. The van der Waals surface area contributed by atoms with Crippen molar-refractivity contribution in [2.75, 3.05) is 44.7 Å². The van der Waals surface area contributed by atoms with Gasteiger partial charge in [-0.15, -0.1) is 0 Å². The number of morpholine rings is 1. The quantitative estimate of drug-likeness (QED) is 0.745. The number of nitrogens with zero attached hydrogens (tertiary/aromatic N) is 1. The van der Waals surface area contributed by atoms with Crippen molar-refractivity contribution in [3.05, 3.63) is 24.3 Å². The first kappa shape index (κ1) is 21.2. The molecule has 7 nitrogen and oxygen atoms in total. The monoisotopic (exact) mass is 410 g/mol. The van der Waals surface area contributed by atoms with E-state index in [9.17, 15) is 13.2 Å². The molecule has 1 amide bonds. The molecule has 2 fully saturated rings. The lowest BCUT2D eigenvalue weighted by Crippen LogP contribution is -3.18. The molecule has 0 bridgehead atoms. The molecule has 8 heteroatoms. The number of carbonyl (C=O) groups excluding carboxylic acids is 1. The third-order valence-corrected chi connectivity index (χ3v) is 7.64. The summed E-state index contributed by atoms with van der Waals surface area (Å²) in [5, 5.41) is 2.92. The largest absolute Gasteiger partial charge is 0.379 e. The molecule has 1 aromatic carbocycles. The topological polar surface area (TPSA) is 80.2 Å². The van der Waals surface area contributed by atoms with Crippen LogP contribution in [0.3, 0.4) is 0 Å². The third kappa shape index (κ3) is 4.92. The van der Waals surface area contributed by atoms with Crippen molar-refractivity contribution in [2.45, 2.75) is 38.1 Å². The number of piperidine rings is 1. The van der Waals surface area contributed by atoms with Crippen LogP contribution in [0.15, 0.2) is 29.2 Å². The van der Waals surface area contributed by atoms with Crippen LogP contribution >= 0.6 is 0 Å². The minimum Gasteiger partial charge on any atom is -0.379 e. The number of ether oxygens (including phenoxy) is 1. The summed E-state index contributed by atoms with van der Waals surface area (Å²) in [4.78, 5) is 14.3. The van der Waals surface area contributed by atoms with E-state index in [1.807, 2.05) is 6.92 Å². The average Bonchev–Trinajstić information content (AvgIpc) is 2.67. The van der Waals surface area contributed by atoms with Gasteiger partial charge in [0.1, 0.15) is 0 Å². The van der Waals surface area contributed by atoms with Gasteiger partial charge >= 0.3 is 0 Å². The Bertz CT molecular complexity index is 782. The Morgan fingerprint density at radius 1 is 1.21 bits per heavy atom. The first-order valence-electron chi connectivity index (χ1n) is 10.1. The minimum absolute atomic E-state index is 0.0720. The van der Waals surface area contributed by atoms with Crippen LogP contribution in [0.1, 0.15) is 27.2 Å². The SMILES string of the molecule is C[C@@H]1C[C@@H](C)C[NH+]([C@@H](C)C(=O)Nc2cccc(S(=O)(=O)N3CCOCC3)c2)C1. The number of sulfonamides is 1. The highest BCUT2D eigenvalue weighted by Gasteiger charge is 2.33. The number of benzene rings is 1. The molecule has 0 spiro atoms. The highest BCUT2D eigenvalue weighted by molar-refractivity contribution is 7.89. The van der Waals surface area contributed by atoms with Gasteiger partial charge in [0.25, 0.3) is 5.91 Å². The zero-order valence-corrected chi connectivity index (χ0v) is 17.8. The Kier molecular flexibility index (Phi) is 6.75. The minimum atomic E-state index is -3.58. The fraction of sp³-hybridized carbons (Fsp3) is 0.650. The van der Waals surface area contributed by atoms with Crippen molar-refractivity contribution in [3.63, 3.8) is 0 Å². The van der Waals surface area contributed by atoms with Crippen LogP contribution in [0, 0.1) is 11.8 Å². The number of rotatable bonds is 5. The summed E-state index contributed by atoms with van der Waals surface area (Å²) in [6.07, 6.45) is 1.21. The van der Waals surface area contributed by atoms with Crippen molar-refractivity contribution < 1.29 is 22.8 Å². The van der Waals surface area contributed by atoms with Crippen molar-refractivity contribution in [3.8, 4) is 0 Å². The second kappa shape index (κ2) is 8.90. The van der Waals surface area contributed by atoms with Gasteiger partial charge in [-0.2, -0.15) is 4.31 Å². The van der Waals surface area contributed by atoms with Gasteiger partial charge in [-0.3, -0.25) is 4.79 Å². The molecule has 2 N–H and O–H groups in total. The first-order chi connectivity index (χ1) is 13.3. The predicted molar refractivity (Wildman–Crippen MR) is 108 cm³/mol. The van der Waals surface area contributed by atoms with Crippen LogP contribution in [0.5, 0.6) is 0 Å². The molecule has 0 saturated carbocycles. The van der Waals surface area contributed by atoms with Crippen LogP contribution in [0.2, 0.25) is 0 Å². The van der Waals surface area contributed by atoms with Crippen LogP contribution < -0.4 is 10.2 Å². The van der Waals surface area contributed by atoms with E-state index in [1.165, 1.54) is 15.6 Å². The Hall–Kier alpha value is -1.48.